The van der Waals surface area contributed by atoms with Crippen LogP contribution in [0.2, 0.25) is 0 Å². The van der Waals surface area contributed by atoms with Crippen LogP contribution in [0.1, 0.15) is 6.92 Å². The second-order valence-electron chi connectivity index (χ2n) is 18.5. The number of carbonyl (C=O) groups is 2. The van der Waals surface area contributed by atoms with Gasteiger partial charge in [0.15, 0.2) is 93.0 Å². The van der Waals surface area contributed by atoms with E-state index in [2.05, 4.69) is 50.0 Å². The number of carboxylic acid groups (broad SMARTS) is 2. The summed E-state index contributed by atoms with van der Waals surface area (Å²) in [6.07, 6.45) is -47.7. The Balaban J connectivity index is 1.58. The first-order chi connectivity index (χ1) is 44.1. The summed E-state index contributed by atoms with van der Waals surface area (Å²) in [6.45, 7) is -2.34. The minimum atomic E-state index is -5.82. The Morgan fingerprint density at radius 3 is 0.968 bits per heavy atom. The third-order valence-corrected chi connectivity index (χ3v) is 16.5. The fraction of sp³-hybridized carbons (Fsp3) is 0.947. The number of methoxy groups -OCH3 is 7. The first-order valence-corrected chi connectivity index (χ1v) is 31.8. The number of aliphatic carboxylic acids is 2. The van der Waals surface area contributed by atoms with Crippen LogP contribution in [0, 0.1) is 5.92 Å². The van der Waals surface area contributed by atoms with Gasteiger partial charge in [-0.05, 0) is 0 Å². The molecular weight excluding hydrogens is 1450 g/mol. The van der Waals surface area contributed by atoms with Crippen LogP contribution in [0.25, 0.3) is 0 Å². The molecule has 48 nitrogen and oxygen atoms in total. The van der Waals surface area contributed by atoms with Gasteiger partial charge in [-0.15, -0.1) is 17.3 Å². The standard InChI is InChI=1S/C38H64O48S7/c1-12-16(56-2)17(57-3)13(9-63-91(47,48)49)66-34(12)71-22-20(58-4)28(60-6)36(73-26(22)32(39)40)70-19-15(11-65-93(53,54)55)68-38(31(78-90-86-82-46)25(19)76-88-84-80-44)72-23-21(59-5)29(61-7)37(74-27(23)33(41)42)69-18-14(10-64-92(50,51)52)67-35(62-8)30(77-89-85-81-45)24(18)75-87-83-79-43/h12-31,34-38,43-46H,9-11H2,1-8H3,(H,39,40)(H,41,42)(H,47,48,49)(H,50,51,52)(H,53,54,55)/p-9/t12?,13?,14?,15-,16+,17?,18+,19+,20-,21?,22-,23-,24-,25?,26?,27+,28?,29?,30?,31?,34-,35-,36+,37-,38+/m0/s1. The van der Waals surface area contributed by atoms with Gasteiger partial charge in [-0.1, -0.05) is 6.92 Å². The van der Waals surface area contributed by atoms with Gasteiger partial charge in [-0.25, -0.2) is 25.3 Å². The Morgan fingerprint density at radius 2 is 0.645 bits per heavy atom. The SMILES string of the molecule is COC1C(OC)[C@H](O[C@H]2O[C@@H](COS(=O)(=O)[O-])[C@@H](O[C@@H]3OC(C(=O)[O-])[C@@H](O[C@@H]4OC(COS(=O)(=O)[O-])C(OC)[C@H](OC)C4C)[C@H](OC)C3OC)C(OSOO[O-])C2OSOO[O-])[C@H](C(=O)[O-])O[C@@H]1O[C@@H]1C(COS(=O)(=O)[O-])O[C@H](OC)C(OSOO[O-])[C@H]1OSOO[O-]. The third-order valence-electron chi connectivity index (χ3n) is 13.6. The Morgan fingerprint density at radius 1 is 0.355 bits per heavy atom. The zero-order chi connectivity index (χ0) is 69.0. The molecule has 0 aromatic rings. The summed E-state index contributed by atoms with van der Waals surface area (Å²) in [5.74, 6) is -5.33. The molecule has 0 N–H and O–H groups in total. The van der Waals surface area contributed by atoms with Gasteiger partial charge in [0.2, 0.25) is 31.2 Å². The molecule has 5 heterocycles. The van der Waals surface area contributed by atoms with Crippen LogP contribution in [0.4, 0.5) is 0 Å². The highest BCUT2D eigenvalue weighted by Gasteiger charge is 2.60. The van der Waals surface area contributed by atoms with E-state index >= 15 is 0 Å². The van der Waals surface area contributed by atoms with Crippen LogP contribution < -0.4 is 31.2 Å². The van der Waals surface area contributed by atoms with Crippen LogP contribution in [-0.2, 0) is 183 Å². The minimum Gasteiger partial charge on any atom is -0.726 e. The topological polar surface area (TPSA) is 630 Å². The quantitative estimate of drug-likeness (QED) is 0.0137. The lowest BCUT2D eigenvalue weighted by Gasteiger charge is -2.52. The van der Waals surface area contributed by atoms with Gasteiger partial charge in [0.1, 0.15) is 97.7 Å². The van der Waals surface area contributed by atoms with Crippen molar-refractivity contribution < 1.29 is 222 Å². The van der Waals surface area contributed by atoms with Gasteiger partial charge in [0, 0.05) is 55.7 Å². The van der Waals surface area contributed by atoms with Crippen molar-refractivity contribution in [1.29, 1.82) is 0 Å². The zero-order valence-electron chi connectivity index (χ0n) is 48.0. The van der Waals surface area contributed by atoms with Crippen molar-refractivity contribution >= 4 is 92.4 Å². The van der Waals surface area contributed by atoms with E-state index in [-0.39, 0.29) is 24.6 Å². The lowest BCUT2D eigenvalue weighted by Crippen LogP contribution is -2.70. The van der Waals surface area contributed by atoms with Gasteiger partial charge in [0.05, 0.1) is 37.9 Å². The lowest BCUT2D eigenvalue weighted by molar-refractivity contribution is -0.778. The van der Waals surface area contributed by atoms with E-state index < -0.39 is 241 Å². The highest BCUT2D eigenvalue weighted by atomic mass is 32.3. The number of ether oxygens (including phenoxy) is 16. The van der Waals surface area contributed by atoms with Crippen molar-refractivity contribution in [1.82, 2.24) is 0 Å². The summed E-state index contributed by atoms with van der Waals surface area (Å²) in [6, 6.07) is 0. The molecule has 0 aromatic carbocycles. The van der Waals surface area contributed by atoms with Gasteiger partial charge >= 0.3 is 0 Å². The largest absolute Gasteiger partial charge is 0.726 e. The van der Waals surface area contributed by atoms with Crippen LogP contribution in [0.15, 0.2) is 0 Å². The van der Waals surface area contributed by atoms with Crippen molar-refractivity contribution in [3.63, 3.8) is 0 Å². The Kier molecular flexibility index (Phi) is 35.1. The fourth-order valence-corrected chi connectivity index (χ4v) is 12.3. The summed E-state index contributed by atoms with van der Waals surface area (Å²) in [5, 5.41) is 83.5. The van der Waals surface area contributed by atoms with Gasteiger partial charge in [0.25, 0.3) is 0 Å². The summed E-state index contributed by atoms with van der Waals surface area (Å²) in [4.78, 5) is 26.5. The molecule has 546 valence electrons. The van der Waals surface area contributed by atoms with E-state index in [0.29, 0.717) is 0 Å². The molecule has 0 spiro atoms. The lowest BCUT2D eigenvalue weighted by atomic mass is 9.91. The molecule has 0 aromatic heterocycles. The molecule has 0 bridgehead atoms. The number of hydrogen-bond acceptors (Lipinski definition) is 52. The molecule has 0 amide bonds. The maximum absolute atomic E-state index is 13.3. The molecule has 93 heavy (non-hydrogen) atoms. The number of hydrogen-bond donors (Lipinski definition) is 0. The van der Waals surface area contributed by atoms with E-state index in [1.807, 2.05) is 0 Å². The molecule has 5 saturated heterocycles. The van der Waals surface area contributed by atoms with E-state index in [4.69, 9.17) is 92.5 Å². The van der Waals surface area contributed by atoms with Crippen molar-refractivity contribution in [3.05, 3.63) is 0 Å². The predicted molar refractivity (Wildman–Crippen MR) is 259 cm³/mol. The molecule has 5 rings (SSSR count). The molecule has 5 aliphatic rings. The maximum Gasteiger partial charge on any atom is 0.217 e. The second kappa shape index (κ2) is 39.6. The van der Waals surface area contributed by atoms with E-state index in [1.54, 1.807) is 0 Å². The maximum atomic E-state index is 13.3. The van der Waals surface area contributed by atoms with Crippen molar-refractivity contribution in [3.8, 4) is 0 Å². The number of rotatable bonds is 42. The first kappa shape index (κ1) is 82.3. The van der Waals surface area contributed by atoms with Crippen molar-refractivity contribution in [2.24, 2.45) is 5.92 Å². The van der Waals surface area contributed by atoms with Gasteiger partial charge in [-0.2, -0.15) is 0 Å². The number of carboxylic acids is 2. The Labute approximate surface area is 542 Å². The molecule has 11 unspecified atom stereocenters. The summed E-state index contributed by atoms with van der Waals surface area (Å²) in [5.41, 5.74) is 0. The third kappa shape index (κ3) is 23.4. The molecule has 55 heteroatoms. The monoisotopic (exact) mass is 1500 g/mol. The Bertz CT molecular complexity index is 2550. The highest BCUT2D eigenvalue weighted by Crippen LogP contribution is 2.42. The second-order valence-corrected chi connectivity index (χ2v) is 23.5. The van der Waals surface area contributed by atoms with Gasteiger partial charge < -0.3 is 130 Å². The van der Waals surface area contributed by atoms with Crippen LogP contribution >= 0.6 is 49.3 Å². The molecule has 25 atom stereocenters. The summed E-state index contributed by atoms with van der Waals surface area (Å²) < 4.78 is 251. The smallest absolute Gasteiger partial charge is 0.217 e. The average Bonchev–Trinajstić information content (AvgIpc) is 0.772. The predicted octanol–water partition coefficient (Wildman–Crippen LogP) is -10.9. The van der Waals surface area contributed by atoms with E-state index in [9.17, 15) is 79.7 Å². The normalized spacial score (nSPS) is 37.2. The first-order valence-electron chi connectivity index (χ1n) is 25.1. The Hall–Kier alpha value is -1.33. The zero-order valence-corrected chi connectivity index (χ0v) is 53.7. The molecule has 0 aliphatic carbocycles. The van der Waals surface area contributed by atoms with E-state index in [1.165, 1.54) is 21.1 Å². The molecule has 0 radical (unpaired) electrons. The number of carbonyl (C=O) groups excluding carboxylic acids is 2. The van der Waals surface area contributed by atoms with Crippen molar-refractivity contribution in [2.75, 3.05) is 69.6 Å². The average molecular weight is 1500 g/mol. The van der Waals surface area contributed by atoms with Gasteiger partial charge in [-0.3, -0.25) is 49.4 Å². The van der Waals surface area contributed by atoms with Crippen LogP contribution in [0.3, 0.4) is 0 Å². The van der Waals surface area contributed by atoms with Crippen LogP contribution in [0.5, 0.6) is 0 Å². The molecule has 5 fully saturated rings. The highest BCUT2D eigenvalue weighted by molar-refractivity contribution is 7.90. The molecule has 0 saturated carbocycles. The summed E-state index contributed by atoms with van der Waals surface area (Å²) >= 11 is -1.25. The molecular formula is C38H55O48S7-9. The summed E-state index contributed by atoms with van der Waals surface area (Å²) in [7, 11) is -9.58. The molecule has 5 aliphatic heterocycles. The van der Waals surface area contributed by atoms with Crippen LogP contribution in [-0.4, -0.2) is 268 Å². The van der Waals surface area contributed by atoms with E-state index in [0.717, 1.165) is 35.5 Å². The minimum absolute atomic E-state index is 0.203. The van der Waals surface area contributed by atoms with Crippen molar-refractivity contribution in [2.45, 2.75) is 154 Å². The fourth-order valence-electron chi connectivity index (χ4n) is 9.95.